The van der Waals surface area contributed by atoms with Gasteiger partial charge in [-0.3, -0.25) is 0 Å². The maximum atomic E-state index is 9.85. The van der Waals surface area contributed by atoms with Crippen LogP contribution in [0.5, 0.6) is 0 Å². The van der Waals surface area contributed by atoms with Gasteiger partial charge in [0.05, 0.1) is 12.2 Å². The topological polar surface area (TPSA) is 40.5 Å². The van der Waals surface area contributed by atoms with E-state index in [2.05, 4.69) is 18.2 Å². The molecule has 78 valence electrons. The molecule has 0 heterocycles. The fourth-order valence-electron chi connectivity index (χ4n) is 2.50. The van der Waals surface area contributed by atoms with E-state index in [4.69, 9.17) is 0 Å². The van der Waals surface area contributed by atoms with Crippen LogP contribution in [-0.2, 0) is 0 Å². The molecule has 0 amide bonds. The van der Waals surface area contributed by atoms with Gasteiger partial charge in [0.2, 0.25) is 0 Å². The Morgan fingerprint density at radius 1 is 0.929 bits per heavy atom. The van der Waals surface area contributed by atoms with Crippen molar-refractivity contribution < 1.29 is 10.2 Å². The van der Waals surface area contributed by atoms with Gasteiger partial charge in [-0.2, -0.15) is 0 Å². The molecule has 0 aromatic carbocycles. The smallest absolute Gasteiger partial charge is 0.0612 e. The second-order valence-electron chi connectivity index (χ2n) is 4.32. The molecule has 0 aromatic rings. The molecule has 2 aliphatic rings. The summed E-state index contributed by atoms with van der Waals surface area (Å²) in [5.74, 6) is 0.371. The standard InChI is InChI=1S/C12H18O2/c13-11-7-3-1-5-9(11)10-6-2-4-8-12(10)14/h1-3,6,9-14H,4-5,7-8H2. The van der Waals surface area contributed by atoms with E-state index in [1.807, 2.05) is 6.08 Å². The average molecular weight is 194 g/mol. The van der Waals surface area contributed by atoms with Crippen LogP contribution in [0.3, 0.4) is 0 Å². The molecule has 0 saturated heterocycles. The third kappa shape index (κ3) is 1.91. The lowest BCUT2D eigenvalue weighted by molar-refractivity contribution is 0.0199. The number of hydrogen-bond donors (Lipinski definition) is 2. The third-order valence-electron chi connectivity index (χ3n) is 3.37. The first-order valence-electron chi connectivity index (χ1n) is 5.47. The van der Waals surface area contributed by atoms with Gasteiger partial charge >= 0.3 is 0 Å². The maximum absolute atomic E-state index is 9.85. The van der Waals surface area contributed by atoms with E-state index < -0.39 is 0 Å². The molecular weight excluding hydrogens is 176 g/mol. The van der Waals surface area contributed by atoms with Crippen molar-refractivity contribution >= 4 is 0 Å². The second kappa shape index (κ2) is 4.28. The summed E-state index contributed by atoms with van der Waals surface area (Å²) in [6, 6.07) is 0. The Bertz CT molecular complexity index is 245. The molecule has 0 saturated carbocycles. The van der Waals surface area contributed by atoms with Crippen molar-refractivity contribution in [3.63, 3.8) is 0 Å². The Morgan fingerprint density at radius 2 is 1.71 bits per heavy atom. The van der Waals surface area contributed by atoms with Crippen molar-refractivity contribution in [2.45, 2.75) is 37.9 Å². The number of rotatable bonds is 1. The zero-order valence-electron chi connectivity index (χ0n) is 8.34. The SMILES string of the molecule is OC1CCC=CC1C1CC=CCC1O. The number of hydrogen-bond acceptors (Lipinski definition) is 2. The molecule has 0 spiro atoms. The van der Waals surface area contributed by atoms with Crippen LogP contribution in [0.4, 0.5) is 0 Å². The fourth-order valence-corrected chi connectivity index (χ4v) is 2.50. The number of aliphatic hydroxyl groups excluding tert-OH is 2. The summed E-state index contributed by atoms with van der Waals surface area (Å²) >= 11 is 0. The molecule has 4 unspecified atom stereocenters. The van der Waals surface area contributed by atoms with E-state index in [0.29, 0.717) is 0 Å². The normalized spacial score (nSPS) is 42.7. The first kappa shape index (κ1) is 9.94. The highest BCUT2D eigenvalue weighted by Crippen LogP contribution is 2.33. The van der Waals surface area contributed by atoms with Gasteiger partial charge in [-0.15, -0.1) is 0 Å². The van der Waals surface area contributed by atoms with Gasteiger partial charge in [0.15, 0.2) is 0 Å². The molecule has 2 rings (SSSR count). The fraction of sp³-hybridized carbons (Fsp3) is 0.667. The second-order valence-corrected chi connectivity index (χ2v) is 4.32. The zero-order valence-corrected chi connectivity index (χ0v) is 8.34. The Labute approximate surface area is 85.0 Å². The van der Waals surface area contributed by atoms with Crippen LogP contribution in [0.15, 0.2) is 24.3 Å². The summed E-state index contributed by atoms with van der Waals surface area (Å²) in [5.41, 5.74) is 0. The largest absolute Gasteiger partial charge is 0.392 e. The van der Waals surface area contributed by atoms with Crippen LogP contribution in [0.25, 0.3) is 0 Å². The number of aliphatic hydroxyl groups is 2. The highest BCUT2D eigenvalue weighted by Gasteiger charge is 2.32. The molecule has 0 aromatic heterocycles. The lowest BCUT2D eigenvalue weighted by Crippen LogP contribution is -2.36. The summed E-state index contributed by atoms with van der Waals surface area (Å²) in [4.78, 5) is 0. The van der Waals surface area contributed by atoms with Crippen LogP contribution < -0.4 is 0 Å². The molecule has 0 bridgehead atoms. The maximum Gasteiger partial charge on any atom is 0.0612 e. The average Bonchev–Trinajstić information content (AvgIpc) is 2.20. The Hall–Kier alpha value is -0.600. The van der Waals surface area contributed by atoms with Crippen LogP contribution >= 0.6 is 0 Å². The molecule has 2 N–H and O–H groups in total. The Morgan fingerprint density at radius 3 is 2.43 bits per heavy atom. The van der Waals surface area contributed by atoms with E-state index in [-0.39, 0.29) is 24.0 Å². The van der Waals surface area contributed by atoms with Crippen LogP contribution in [0.2, 0.25) is 0 Å². The van der Waals surface area contributed by atoms with Gasteiger partial charge in [-0.05, 0) is 31.6 Å². The summed E-state index contributed by atoms with van der Waals surface area (Å²) in [7, 11) is 0. The minimum atomic E-state index is -0.276. The molecule has 0 fully saturated rings. The lowest BCUT2D eigenvalue weighted by atomic mass is 9.75. The van der Waals surface area contributed by atoms with Crippen LogP contribution in [0, 0.1) is 11.8 Å². The Balaban J connectivity index is 2.08. The summed E-state index contributed by atoms with van der Waals surface area (Å²) in [5, 5.41) is 19.7. The van der Waals surface area contributed by atoms with E-state index in [0.717, 1.165) is 25.7 Å². The van der Waals surface area contributed by atoms with Gasteiger partial charge in [-0.25, -0.2) is 0 Å². The molecule has 4 atom stereocenters. The molecule has 2 nitrogen and oxygen atoms in total. The van der Waals surface area contributed by atoms with Crippen LogP contribution in [-0.4, -0.2) is 22.4 Å². The quantitative estimate of drug-likeness (QED) is 0.623. The summed E-state index contributed by atoms with van der Waals surface area (Å²) < 4.78 is 0. The van der Waals surface area contributed by atoms with Crippen molar-refractivity contribution in [2.75, 3.05) is 0 Å². The monoisotopic (exact) mass is 194 g/mol. The molecule has 0 aliphatic heterocycles. The first-order valence-corrected chi connectivity index (χ1v) is 5.47. The molecule has 2 aliphatic carbocycles. The predicted molar refractivity (Wildman–Crippen MR) is 55.7 cm³/mol. The predicted octanol–water partition coefficient (Wildman–Crippen LogP) is 1.64. The first-order chi connectivity index (χ1) is 6.79. The third-order valence-corrected chi connectivity index (χ3v) is 3.37. The highest BCUT2D eigenvalue weighted by molar-refractivity contribution is 5.06. The van der Waals surface area contributed by atoms with Crippen molar-refractivity contribution in [1.29, 1.82) is 0 Å². The van der Waals surface area contributed by atoms with Gasteiger partial charge < -0.3 is 10.2 Å². The van der Waals surface area contributed by atoms with Crippen molar-refractivity contribution in [3.8, 4) is 0 Å². The minimum Gasteiger partial charge on any atom is -0.392 e. The molecule has 2 heteroatoms. The van der Waals surface area contributed by atoms with Crippen molar-refractivity contribution in [2.24, 2.45) is 11.8 Å². The van der Waals surface area contributed by atoms with E-state index in [1.165, 1.54) is 0 Å². The molecule has 14 heavy (non-hydrogen) atoms. The Kier molecular flexibility index (Phi) is 3.04. The van der Waals surface area contributed by atoms with Gasteiger partial charge in [0.25, 0.3) is 0 Å². The van der Waals surface area contributed by atoms with Gasteiger partial charge in [0, 0.05) is 5.92 Å². The van der Waals surface area contributed by atoms with Crippen LogP contribution in [0.1, 0.15) is 25.7 Å². The summed E-state index contributed by atoms with van der Waals surface area (Å²) in [6.45, 7) is 0. The van der Waals surface area contributed by atoms with Gasteiger partial charge in [-0.1, -0.05) is 24.3 Å². The van der Waals surface area contributed by atoms with Crippen molar-refractivity contribution in [1.82, 2.24) is 0 Å². The molecule has 0 radical (unpaired) electrons. The zero-order chi connectivity index (χ0) is 9.97. The van der Waals surface area contributed by atoms with E-state index >= 15 is 0 Å². The highest BCUT2D eigenvalue weighted by atomic mass is 16.3. The number of allylic oxidation sites excluding steroid dienone is 2. The minimum absolute atomic E-state index is 0.156. The lowest BCUT2D eigenvalue weighted by Gasteiger charge is -2.34. The van der Waals surface area contributed by atoms with Gasteiger partial charge in [0.1, 0.15) is 0 Å². The van der Waals surface area contributed by atoms with E-state index in [1.54, 1.807) is 0 Å². The van der Waals surface area contributed by atoms with E-state index in [9.17, 15) is 10.2 Å². The van der Waals surface area contributed by atoms with Crippen molar-refractivity contribution in [3.05, 3.63) is 24.3 Å². The molecular formula is C12H18O2. The summed E-state index contributed by atoms with van der Waals surface area (Å²) in [6.07, 6.45) is 11.3.